The highest BCUT2D eigenvalue weighted by atomic mass is 16.5. The quantitative estimate of drug-likeness (QED) is 0.496. The molecule has 1 aliphatic heterocycles. The van der Waals surface area contributed by atoms with Crippen LogP contribution in [0.25, 0.3) is 22.0 Å². The molecule has 0 fully saturated rings. The van der Waals surface area contributed by atoms with Crippen LogP contribution in [0.1, 0.15) is 30.8 Å². The fourth-order valence-corrected chi connectivity index (χ4v) is 4.05. The van der Waals surface area contributed by atoms with Gasteiger partial charge in [-0.1, -0.05) is 55.5 Å². The van der Waals surface area contributed by atoms with Crippen molar-refractivity contribution in [1.29, 1.82) is 0 Å². The number of hydrogen-bond donors (Lipinski definition) is 1. The molecule has 4 nitrogen and oxygen atoms in total. The molecular weight excluding hydrogens is 346 g/mol. The molecule has 28 heavy (non-hydrogen) atoms. The second-order valence-corrected chi connectivity index (χ2v) is 7.25. The third kappa shape index (κ3) is 2.64. The molecule has 4 heteroatoms. The minimum Gasteiger partial charge on any atom is -0.493 e. The van der Waals surface area contributed by atoms with E-state index >= 15 is 0 Å². The Labute approximate surface area is 164 Å². The molecule has 0 aliphatic carbocycles. The molecule has 0 radical (unpaired) electrons. The molecule has 1 aliphatic rings. The Hall–Kier alpha value is -3.27. The smallest absolute Gasteiger partial charge is 0.151 e. The van der Waals surface area contributed by atoms with Gasteiger partial charge in [0.25, 0.3) is 0 Å². The van der Waals surface area contributed by atoms with Gasteiger partial charge in [-0.05, 0) is 42.3 Å². The molecule has 0 saturated carbocycles. The lowest BCUT2D eigenvalue weighted by atomic mass is 9.98. The maximum atomic E-state index is 6.18. The van der Waals surface area contributed by atoms with Crippen molar-refractivity contribution >= 4 is 16.5 Å². The van der Waals surface area contributed by atoms with Gasteiger partial charge in [-0.25, -0.2) is 4.68 Å². The number of benzene rings is 3. The summed E-state index contributed by atoms with van der Waals surface area (Å²) in [5.74, 6) is 0.913. The van der Waals surface area contributed by atoms with E-state index in [1.54, 1.807) is 0 Å². The van der Waals surface area contributed by atoms with Gasteiger partial charge in [0.2, 0.25) is 0 Å². The van der Waals surface area contributed by atoms with Crippen LogP contribution >= 0.6 is 0 Å². The molecule has 0 spiro atoms. The van der Waals surface area contributed by atoms with Gasteiger partial charge in [0, 0.05) is 16.8 Å². The first-order valence-electron chi connectivity index (χ1n) is 9.83. The summed E-state index contributed by atoms with van der Waals surface area (Å²) in [6, 6.07) is 23.3. The van der Waals surface area contributed by atoms with E-state index in [1.807, 2.05) is 6.92 Å². The Kier molecular flexibility index (Phi) is 4.05. The number of aromatic nitrogens is 2. The zero-order chi connectivity index (χ0) is 19.1. The first-order valence-corrected chi connectivity index (χ1v) is 9.83. The van der Waals surface area contributed by atoms with E-state index in [9.17, 15) is 0 Å². The monoisotopic (exact) mass is 369 g/mol. The van der Waals surface area contributed by atoms with Gasteiger partial charge in [0.05, 0.1) is 18.0 Å². The van der Waals surface area contributed by atoms with Crippen molar-refractivity contribution in [1.82, 2.24) is 9.78 Å². The second-order valence-electron chi connectivity index (χ2n) is 7.25. The summed E-state index contributed by atoms with van der Waals surface area (Å²) < 4.78 is 8.27. The van der Waals surface area contributed by atoms with Crippen LogP contribution in [0.4, 0.5) is 5.69 Å². The van der Waals surface area contributed by atoms with E-state index in [0.29, 0.717) is 6.61 Å². The summed E-state index contributed by atoms with van der Waals surface area (Å²) in [5, 5.41) is 10.9. The van der Waals surface area contributed by atoms with Gasteiger partial charge in [0.15, 0.2) is 6.17 Å². The minimum absolute atomic E-state index is 0.128. The number of aryl methyl sites for hydroxylation is 1. The SMILES string of the molecule is CCCOc1ccc2ccccc2c1C1Nc2ccccc2-c2cc(C)nn21. The Balaban J connectivity index is 1.76. The lowest BCUT2D eigenvalue weighted by molar-refractivity contribution is 0.311. The summed E-state index contributed by atoms with van der Waals surface area (Å²) in [4.78, 5) is 0. The van der Waals surface area contributed by atoms with E-state index in [1.165, 1.54) is 16.3 Å². The van der Waals surface area contributed by atoms with Crippen molar-refractivity contribution in [2.45, 2.75) is 26.4 Å². The van der Waals surface area contributed by atoms with Crippen LogP contribution < -0.4 is 10.1 Å². The number of anilines is 1. The maximum Gasteiger partial charge on any atom is 0.151 e. The standard InChI is InChI=1S/C24H23N3O/c1-3-14-28-22-13-12-17-8-4-5-9-18(17)23(22)24-25-20-11-7-6-10-19(20)21-15-16(2)26-27(21)24/h4-13,15,24-25H,3,14H2,1-2H3. The number of nitrogens with zero attached hydrogens (tertiary/aromatic N) is 2. The largest absolute Gasteiger partial charge is 0.493 e. The molecule has 1 N–H and O–H groups in total. The van der Waals surface area contributed by atoms with Crippen molar-refractivity contribution in [2.75, 3.05) is 11.9 Å². The van der Waals surface area contributed by atoms with Crippen LogP contribution in [0.15, 0.2) is 66.7 Å². The van der Waals surface area contributed by atoms with Crippen molar-refractivity contribution in [2.24, 2.45) is 0 Å². The first kappa shape index (κ1) is 16.9. The molecule has 3 aromatic carbocycles. The van der Waals surface area contributed by atoms with Crippen LogP contribution in [-0.2, 0) is 0 Å². The lowest BCUT2D eigenvalue weighted by Crippen LogP contribution is -2.26. The van der Waals surface area contributed by atoms with Gasteiger partial charge in [0.1, 0.15) is 5.75 Å². The van der Waals surface area contributed by atoms with Crippen LogP contribution in [0, 0.1) is 6.92 Å². The minimum atomic E-state index is -0.128. The van der Waals surface area contributed by atoms with Crippen molar-refractivity contribution < 1.29 is 4.74 Å². The van der Waals surface area contributed by atoms with Crippen molar-refractivity contribution in [3.63, 3.8) is 0 Å². The second kappa shape index (κ2) is 6.71. The summed E-state index contributed by atoms with van der Waals surface area (Å²) in [6.07, 6.45) is 0.843. The van der Waals surface area contributed by atoms with Gasteiger partial charge >= 0.3 is 0 Å². The molecule has 5 rings (SSSR count). The molecule has 1 unspecified atom stereocenters. The van der Waals surface area contributed by atoms with Gasteiger partial charge in [-0.3, -0.25) is 0 Å². The predicted octanol–water partition coefficient (Wildman–Crippen LogP) is 5.77. The molecule has 0 saturated heterocycles. The Morgan fingerprint density at radius 1 is 1.04 bits per heavy atom. The van der Waals surface area contributed by atoms with E-state index in [2.05, 4.69) is 83.7 Å². The first-order chi connectivity index (χ1) is 13.8. The number of hydrogen-bond acceptors (Lipinski definition) is 3. The normalized spacial score (nSPS) is 15.0. The average molecular weight is 369 g/mol. The highest BCUT2D eigenvalue weighted by molar-refractivity contribution is 5.89. The van der Waals surface area contributed by atoms with E-state index in [-0.39, 0.29) is 6.17 Å². The average Bonchev–Trinajstić information content (AvgIpc) is 3.13. The summed E-state index contributed by atoms with van der Waals surface area (Å²) in [7, 11) is 0. The number of nitrogens with one attached hydrogen (secondary N) is 1. The van der Waals surface area contributed by atoms with Gasteiger partial charge in [-0.2, -0.15) is 5.10 Å². The fraction of sp³-hybridized carbons (Fsp3) is 0.208. The number of ether oxygens (including phenoxy) is 1. The zero-order valence-electron chi connectivity index (χ0n) is 16.1. The summed E-state index contributed by atoms with van der Waals surface area (Å²) >= 11 is 0. The number of para-hydroxylation sites is 1. The molecular formula is C24H23N3O. The third-order valence-corrected chi connectivity index (χ3v) is 5.26. The number of fused-ring (bicyclic) bond motifs is 4. The van der Waals surface area contributed by atoms with Crippen LogP contribution in [-0.4, -0.2) is 16.4 Å². The van der Waals surface area contributed by atoms with Crippen molar-refractivity contribution in [3.8, 4) is 17.0 Å². The highest BCUT2D eigenvalue weighted by Gasteiger charge is 2.29. The summed E-state index contributed by atoms with van der Waals surface area (Å²) in [6.45, 7) is 4.87. The molecule has 4 aromatic rings. The fourth-order valence-electron chi connectivity index (χ4n) is 4.05. The van der Waals surface area contributed by atoms with Gasteiger partial charge in [-0.15, -0.1) is 0 Å². The van der Waals surface area contributed by atoms with Crippen LogP contribution in [0.2, 0.25) is 0 Å². The Morgan fingerprint density at radius 2 is 1.86 bits per heavy atom. The molecule has 1 atom stereocenters. The molecule has 0 bridgehead atoms. The molecule has 140 valence electrons. The Bertz CT molecular complexity index is 1160. The zero-order valence-corrected chi connectivity index (χ0v) is 16.1. The topological polar surface area (TPSA) is 39.1 Å². The summed E-state index contributed by atoms with van der Waals surface area (Å²) in [5.41, 5.74) is 5.57. The van der Waals surface area contributed by atoms with E-state index in [0.717, 1.165) is 34.8 Å². The van der Waals surface area contributed by atoms with Gasteiger partial charge < -0.3 is 10.1 Å². The lowest BCUT2D eigenvalue weighted by Gasteiger charge is -2.31. The van der Waals surface area contributed by atoms with Crippen LogP contribution in [0.5, 0.6) is 5.75 Å². The predicted molar refractivity (Wildman–Crippen MR) is 114 cm³/mol. The molecule has 0 amide bonds. The third-order valence-electron chi connectivity index (χ3n) is 5.26. The Morgan fingerprint density at radius 3 is 2.75 bits per heavy atom. The molecule has 2 heterocycles. The van der Waals surface area contributed by atoms with Crippen LogP contribution in [0.3, 0.4) is 0 Å². The van der Waals surface area contributed by atoms with E-state index < -0.39 is 0 Å². The van der Waals surface area contributed by atoms with E-state index in [4.69, 9.17) is 9.84 Å². The molecule has 1 aromatic heterocycles. The highest BCUT2D eigenvalue weighted by Crippen LogP contribution is 2.43. The van der Waals surface area contributed by atoms with Crippen molar-refractivity contribution in [3.05, 3.63) is 78.0 Å². The number of rotatable bonds is 4. The maximum absolute atomic E-state index is 6.18.